The summed E-state index contributed by atoms with van der Waals surface area (Å²) in [5, 5.41) is 7.16. The molecule has 1 amide bonds. The van der Waals surface area contributed by atoms with E-state index < -0.39 is 0 Å². The summed E-state index contributed by atoms with van der Waals surface area (Å²) in [6.07, 6.45) is 1.64. The first-order chi connectivity index (χ1) is 10.0. The van der Waals surface area contributed by atoms with E-state index in [-0.39, 0.29) is 11.9 Å². The van der Waals surface area contributed by atoms with E-state index in [2.05, 4.69) is 20.6 Å². The first kappa shape index (κ1) is 15.4. The number of pyridine rings is 1. The summed E-state index contributed by atoms with van der Waals surface area (Å²) in [4.78, 5) is 21.9. The predicted octanol–water partition coefficient (Wildman–Crippen LogP) is 3.08. The highest BCUT2D eigenvalue weighted by Crippen LogP contribution is 2.24. The van der Waals surface area contributed by atoms with Crippen LogP contribution in [0.3, 0.4) is 0 Å². The summed E-state index contributed by atoms with van der Waals surface area (Å²) in [5.41, 5.74) is 2.29. The Labute approximate surface area is 128 Å². The maximum absolute atomic E-state index is 12.3. The van der Waals surface area contributed by atoms with Crippen molar-refractivity contribution in [3.8, 4) is 0 Å². The fourth-order valence-electron chi connectivity index (χ4n) is 2.15. The Hall–Kier alpha value is -1.95. The molecule has 0 radical (unpaired) electrons. The average Bonchev–Trinajstić information content (AvgIpc) is 2.78. The number of rotatable bonds is 5. The maximum atomic E-state index is 12.3. The Bertz CT molecular complexity index is 638. The van der Waals surface area contributed by atoms with E-state index in [4.69, 9.17) is 0 Å². The molecule has 2 N–H and O–H groups in total. The van der Waals surface area contributed by atoms with E-state index in [9.17, 15) is 4.79 Å². The van der Waals surface area contributed by atoms with Crippen molar-refractivity contribution in [2.75, 3.05) is 11.9 Å². The molecular weight excluding hydrogens is 284 g/mol. The number of hydrogen-bond donors (Lipinski definition) is 2. The zero-order valence-corrected chi connectivity index (χ0v) is 13.5. The summed E-state index contributed by atoms with van der Waals surface area (Å²) in [7, 11) is 0. The molecule has 0 fully saturated rings. The van der Waals surface area contributed by atoms with Crippen LogP contribution in [0.25, 0.3) is 0 Å². The van der Waals surface area contributed by atoms with Gasteiger partial charge in [-0.15, -0.1) is 11.3 Å². The Morgan fingerprint density at radius 3 is 2.81 bits per heavy atom. The topological polar surface area (TPSA) is 66.9 Å². The highest BCUT2D eigenvalue weighted by molar-refractivity contribution is 7.11. The Morgan fingerprint density at radius 1 is 1.43 bits per heavy atom. The average molecular weight is 304 g/mol. The van der Waals surface area contributed by atoms with Gasteiger partial charge in [-0.1, -0.05) is 0 Å². The van der Waals surface area contributed by atoms with Gasteiger partial charge in [-0.2, -0.15) is 0 Å². The number of carbonyl (C=O) groups excluding carboxylic acids is 1. The van der Waals surface area contributed by atoms with Gasteiger partial charge < -0.3 is 10.6 Å². The molecule has 6 heteroatoms. The first-order valence-corrected chi connectivity index (χ1v) is 7.77. The zero-order chi connectivity index (χ0) is 15.4. The van der Waals surface area contributed by atoms with E-state index in [0.717, 1.165) is 27.8 Å². The van der Waals surface area contributed by atoms with Crippen LogP contribution < -0.4 is 10.6 Å². The molecule has 0 aliphatic rings. The molecule has 0 aromatic carbocycles. The largest absolute Gasteiger partial charge is 0.385 e. The third kappa shape index (κ3) is 3.78. The molecule has 0 saturated heterocycles. The van der Waals surface area contributed by atoms with Gasteiger partial charge in [-0.3, -0.25) is 9.78 Å². The first-order valence-electron chi connectivity index (χ1n) is 6.96. The van der Waals surface area contributed by atoms with Gasteiger partial charge in [-0.25, -0.2) is 4.98 Å². The van der Waals surface area contributed by atoms with E-state index in [1.807, 2.05) is 33.8 Å². The van der Waals surface area contributed by atoms with Gasteiger partial charge in [0, 0.05) is 23.3 Å². The summed E-state index contributed by atoms with van der Waals surface area (Å²) in [6.45, 7) is 8.71. The molecule has 0 spiro atoms. The minimum absolute atomic E-state index is 0.0757. The van der Waals surface area contributed by atoms with Gasteiger partial charge in [0.1, 0.15) is 5.69 Å². The molecule has 2 aromatic rings. The van der Waals surface area contributed by atoms with Crippen LogP contribution in [0.2, 0.25) is 0 Å². The minimum Gasteiger partial charge on any atom is -0.385 e. The Morgan fingerprint density at radius 2 is 2.19 bits per heavy atom. The molecule has 5 nitrogen and oxygen atoms in total. The second kappa shape index (κ2) is 6.67. The molecule has 112 valence electrons. The SMILES string of the molecule is CCNc1ccnc(C(=O)NC(C)c2sc(C)nc2C)c1. The summed E-state index contributed by atoms with van der Waals surface area (Å²) in [6, 6.07) is 3.53. The Kier molecular flexibility index (Phi) is 4.90. The van der Waals surface area contributed by atoms with Crippen molar-refractivity contribution in [3.05, 3.63) is 39.6 Å². The van der Waals surface area contributed by atoms with Crippen LogP contribution in [0.4, 0.5) is 5.69 Å². The number of hydrogen-bond acceptors (Lipinski definition) is 5. The third-order valence-electron chi connectivity index (χ3n) is 3.05. The van der Waals surface area contributed by atoms with Crippen LogP contribution in [-0.4, -0.2) is 22.4 Å². The monoisotopic (exact) mass is 304 g/mol. The van der Waals surface area contributed by atoms with Crippen molar-refractivity contribution in [3.63, 3.8) is 0 Å². The lowest BCUT2D eigenvalue weighted by Crippen LogP contribution is -2.27. The lowest BCUT2D eigenvalue weighted by Gasteiger charge is -2.13. The Balaban J connectivity index is 2.10. The number of aryl methyl sites for hydroxylation is 2. The van der Waals surface area contributed by atoms with Crippen LogP contribution in [0.15, 0.2) is 18.3 Å². The van der Waals surface area contributed by atoms with Gasteiger partial charge in [0.25, 0.3) is 5.91 Å². The van der Waals surface area contributed by atoms with Crippen LogP contribution in [0.1, 0.15) is 46.0 Å². The van der Waals surface area contributed by atoms with Crippen LogP contribution >= 0.6 is 11.3 Å². The van der Waals surface area contributed by atoms with Crippen LogP contribution in [0.5, 0.6) is 0 Å². The molecule has 21 heavy (non-hydrogen) atoms. The van der Waals surface area contributed by atoms with Crippen molar-refractivity contribution < 1.29 is 4.79 Å². The molecule has 0 saturated carbocycles. The predicted molar refractivity (Wildman–Crippen MR) is 85.9 cm³/mol. The van der Waals surface area contributed by atoms with Gasteiger partial charge in [0.15, 0.2) is 0 Å². The standard InChI is InChI=1S/C15H20N4OS/c1-5-16-12-6-7-17-13(8-12)15(20)19-10(3)14-9(2)18-11(4)21-14/h6-8,10H,5H2,1-4H3,(H,16,17)(H,19,20). The van der Waals surface area contributed by atoms with E-state index >= 15 is 0 Å². The van der Waals surface area contributed by atoms with Crippen LogP contribution in [0, 0.1) is 13.8 Å². The second-order valence-electron chi connectivity index (χ2n) is 4.84. The summed E-state index contributed by atoms with van der Waals surface area (Å²) < 4.78 is 0. The molecule has 0 aliphatic carbocycles. The lowest BCUT2D eigenvalue weighted by molar-refractivity contribution is 0.0935. The highest BCUT2D eigenvalue weighted by Gasteiger charge is 2.17. The van der Waals surface area contributed by atoms with Crippen molar-refractivity contribution in [2.24, 2.45) is 0 Å². The zero-order valence-electron chi connectivity index (χ0n) is 12.7. The normalized spacial score (nSPS) is 12.0. The fraction of sp³-hybridized carbons (Fsp3) is 0.400. The van der Waals surface area contributed by atoms with Gasteiger partial charge in [-0.05, 0) is 39.8 Å². The fourth-order valence-corrected chi connectivity index (χ4v) is 3.08. The molecule has 1 unspecified atom stereocenters. The second-order valence-corrected chi connectivity index (χ2v) is 6.07. The van der Waals surface area contributed by atoms with Crippen LogP contribution in [-0.2, 0) is 0 Å². The molecule has 0 aliphatic heterocycles. The maximum Gasteiger partial charge on any atom is 0.270 e. The van der Waals surface area contributed by atoms with Gasteiger partial charge in [0.2, 0.25) is 0 Å². The number of thiazole rings is 1. The molecular formula is C15H20N4OS. The molecule has 0 bridgehead atoms. The molecule has 1 atom stereocenters. The number of nitrogens with one attached hydrogen (secondary N) is 2. The van der Waals surface area contributed by atoms with E-state index in [0.29, 0.717) is 5.69 Å². The number of amides is 1. The smallest absolute Gasteiger partial charge is 0.270 e. The number of aromatic nitrogens is 2. The van der Waals surface area contributed by atoms with Gasteiger partial charge in [0.05, 0.1) is 16.7 Å². The van der Waals surface area contributed by atoms with E-state index in [1.165, 1.54) is 0 Å². The van der Waals surface area contributed by atoms with Gasteiger partial charge >= 0.3 is 0 Å². The van der Waals surface area contributed by atoms with Crippen molar-refractivity contribution in [1.29, 1.82) is 0 Å². The lowest BCUT2D eigenvalue weighted by atomic mass is 10.2. The van der Waals surface area contributed by atoms with E-state index in [1.54, 1.807) is 23.6 Å². The van der Waals surface area contributed by atoms with Crippen molar-refractivity contribution >= 4 is 22.9 Å². The third-order valence-corrected chi connectivity index (χ3v) is 4.31. The van der Waals surface area contributed by atoms with Crippen molar-refractivity contribution in [1.82, 2.24) is 15.3 Å². The highest BCUT2D eigenvalue weighted by atomic mass is 32.1. The summed E-state index contributed by atoms with van der Waals surface area (Å²) in [5.74, 6) is -0.173. The quantitative estimate of drug-likeness (QED) is 0.891. The minimum atomic E-state index is -0.173. The number of anilines is 1. The molecule has 2 heterocycles. The number of carbonyl (C=O) groups is 1. The summed E-state index contributed by atoms with van der Waals surface area (Å²) >= 11 is 1.61. The number of nitrogens with zero attached hydrogens (tertiary/aromatic N) is 2. The molecule has 2 aromatic heterocycles. The molecule has 2 rings (SSSR count). The van der Waals surface area contributed by atoms with Crippen molar-refractivity contribution in [2.45, 2.75) is 33.7 Å².